The van der Waals surface area contributed by atoms with Gasteiger partial charge in [0.15, 0.2) is 0 Å². The lowest BCUT2D eigenvalue weighted by molar-refractivity contribution is 0.309. The summed E-state index contributed by atoms with van der Waals surface area (Å²) >= 11 is 0. The molecule has 0 saturated heterocycles. The molecule has 0 aromatic heterocycles. The van der Waals surface area contributed by atoms with Gasteiger partial charge in [-0.2, -0.15) is 0 Å². The van der Waals surface area contributed by atoms with Gasteiger partial charge in [-0.3, -0.25) is 4.57 Å². The van der Waals surface area contributed by atoms with Crippen LogP contribution in [0.15, 0.2) is 18.2 Å². The number of rotatable bonds is 5. The highest BCUT2D eigenvalue weighted by Crippen LogP contribution is 2.45. The zero-order valence-corrected chi connectivity index (χ0v) is 11.6. The molecule has 0 aliphatic carbocycles. The topological polar surface area (TPSA) is 87.0 Å². The van der Waals surface area contributed by atoms with E-state index in [4.69, 9.17) is 0 Å². The number of benzene rings is 1. The maximum Gasteiger partial charge on any atom is 0.327 e. The molecule has 3 N–H and O–H groups in total. The van der Waals surface area contributed by atoms with Crippen molar-refractivity contribution in [2.75, 3.05) is 13.3 Å². The SMILES string of the molecule is COP(=O)(O)CCC(C)(C)c1ccc(O)cc1O. The van der Waals surface area contributed by atoms with Crippen LogP contribution in [0.4, 0.5) is 0 Å². The second-order valence-corrected chi connectivity index (χ2v) is 6.97. The molecule has 0 aliphatic heterocycles. The van der Waals surface area contributed by atoms with Gasteiger partial charge < -0.3 is 19.6 Å². The Bertz CT molecular complexity index is 470. The van der Waals surface area contributed by atoms with Crippen LogP contribution >= 0.6 is 7.60 Å². The van der Waals surface area contributed by atoms with Crippen LogP contribution in [0.3, 0.4) is 0 Å². The molecule has 1 atom stereocenters. The molecule has 1 aromatic carbocycles. The molecular formula is C12H19O5P. The molecule has 102 valence electrons. The maximum absolute atomic E-state index is 11.4. The Morgan fingerprint density at radius 2 is 1.94 bits per heavy atom. The molecule has 0 aliphatic rings. The van der Waals surface area contributed by atoms with Gasteiger partial charge in [0.2, 0.25) is 0 Å². The van der Waals surface area contributed by atoms with Crippen molar-refractivity contribution in [1.29, 1.82) is 0 Å². The summed E-state index contributed by atoms with van der Waals surface area (Å²) in [6, 6.07) is 4.34. The third-order valence-electron chi connectivity index (χ3n) is 3.02. The van der Waals surface area contributed by atoms with Gasteiger partial charge >= 0.3 is 7.60 Å². The predicted octanol–water partition coefficient (Wildman–Crippen LogP) is 2.60. The highest BCUT2D eigenvalue weighted by molar-refractivity contribution is 7.52. The molecule has 1 unspecified atom stereocenters. The number of hydrogen-bond donors (Lipinski definition) is 3. The van der Waals surface area contributed by atoms with Crippen molar-refractivity contribution in [2.45, 2.75) is 25.7 Å². The van der Waals surface area contributed by atoms with Crippen molar-refractivity contribution in [1.82, 2.24) is 0 Å². The molecule has 5 nitrogen and oxygen atoms in total. The van der Waals surface area contributed by atoms with Crippen LogP contribution < -0.4 is 0 Å². The van der Waals surface area contributed by atoms with Crippen LogP contribution in [0.25, 0.3) is 0 Å². The van der Waals surface area contributed by atoms with Crippen LogP contribution in [0.1, 0.15) is 25.8 Å². The fraction of sp³-hybridized carbons (Fsp3) is 0.500. The summed E-state index contributed by atoms with van der Waals surface area (Å²) < 4.78 is 16.0. The first kappa shape index (κ1) is 15.0. The largest absolute Gasteiger partial charge is 0.508 e. The Morgan fingerprint density at radius 1 is 1.33 bits per heavy atom. The minimum Gasteiger partial charge on any atom is -0.508 e. The summed E-state index contributed by atoms with van der Waals surface area (Å²) in [4.78, 5) is 9.38. The molecular weight excluding hydrogens is 255 g/mol. The van der Waals surface area contributed by atoms with Gasteiger partial charge in [-0.1, -0.05) is 19.9 Å². The smallest absolute Gasteiger partial charge is 0.327 e. The standard InChI is InChI=1S/C12H19O5P/c1-12(2,6-7-18(15,16)17-3)10-5-4-9(13)8-11(10)14/h4-5,8,13-14H,6-7H2,1-3H3,(H,15,16). The van der Waals surface area contributed by atoms with E-state index in [1.807, 2.05) is 13.8 Å². The van der Waals surface area contributed by atoms with E-state index >= 15 is 0 Å². The van der Waals surface area contributed by atoms with Gasteiger partial charge in [0, 0.05) is 13.2 Å². The van der Waals surface area contributed by atoms with Crippen molar-refractivity contribution in [3.63, 3.8) is 0 Å². The van der Waals surface area contributed by atoms with E-state index in [1.54, 1.807) is 6.07 Å². The Morgan fingerprint density at radius 3 is 2.44 bits per heavy atom. The van der Waals surface area contributed by atoms with Crippen molar-refractivity contribution >= 4 is 7.60 Å². The third kappa shape index (κ3) is 3.73. The molecule has 0 fully saturated rings. The van der Waals surface area contributed by atoms with Gasteiger partial charge in [0.05, 0.1) is 6.16 Å². The average Bonchev–Trinajstić information content (AvgIpc) is 2.26. The van der Waals surface area contributed by atoms with E-state index in [0.717, 1.165) is 0 Å². The summed E-state index contributed by atoms with van der Waals surface area (Å²) in [5.41, 5.74) is 0.130. The number of aromatic hydroxyl groups is 2. The first-order valence-corrected chi connectivity index (χ1v) is 7.34. The van der Waals surface area contributed by atoms with E-state index in [2.05, 4.69) is 4.52 Å². The predicted molar refractivity (Wildman–Crippen MR) is 69.1 cm³/mol. The summed E-state index contributed by atoms with van der Waals surface area (Å²) in [6.45, 7) is 3.71. The average molecular weight is 274 g/mol. The van der Waals surface area contributed by atoms with Crippen molar-refractivity contribution in [3.05, 3.63) is 23.8 Å². The van der Waals surface area contributed by atoms with Gasteiger partial charge in [0.1, 0.15) is 11.5 Å². The quantitative estimate of drug-likeness (QED) is 0.718. The minimum absolute atomic E-state index is 0.0107. The van der Waals surface area contributed by atoms with E-state index in [9.17, 15) is 19.7 Å². The van der Waals surface area contributed by atoms with Crippen LogP contribution in [0.2, 0.25) is 0 Å². The van der Waals surface area contributed by atoms with E-state index in [0.29, 0.717) is 12.0 Å². The zero-order chi connectivity index (χ0) is 14.0. The van der Waals surface area contributed by atoms with Gasteiger partial charge in [0.25, 0.3) is 0 Å². The number of phenolic OH excluding ortho intramolecular Hbond substituents is 2. The Labute approximate surface area is 107 Å². The van der Waals surface area contributed by atoms with Crippen molar-refractivity contribution in [3.8, 4) is 11.5 Å². The molecule has 0 bridgehead atoms. The van der Waals surface area contributed by atoms with Crippen LogP contribution in [-0.2, 0) is 14.5 Å². The normalized spacial score (nSPS) is 15.3. The molecule has 1 rings (SSSR count). The lowest BCUT2D eigenvalue weighted by atomic mass is 9.81. The van der Waals surface area contributed by atoms with Crippen LogP contribution in [-0.4, -0.2) is 28.4 Å². The molecule has 0 spiro atoms. The molecule has 0 radical (unpaired) electrons. The Kier molecular flexibility index (Phi) is 4.43. The van der Waals surface area contributed by atoms with Crippen LogP contribution in [0, 0.1) is 0 Å². The number of phenols is 2. The summed E-state index contributed by atoms with van der Waals surface area (Å²) in [5, 5.41) is 19.0. The van der Waals surface area contributed by atoms with Crippen molar-refractivity contribution in [2.24, 2.45) is 0 Å². The summed E-state index contributed by atoms with van der Waals surface area (Å²) in [5.74, 6) is -0.0399. The lowest BCUT2D eigenvalue weighted by Crippen LogP contribution is -2.19. The van der Waals surface area contributed by atoms with Crippen LogP contribution in [0.5, 0.6) is 11.5 Å². The number of hydrogen-bond acceptors (Lipinski definition) is 4. The Balaban J connectivity index is 2.89. The first-order chi connectivity index (χ1) is 8.18. The molecule has 0 amide bonds. The zero-order valence-electron chi connectivity index (χ0n) is 10.8. The highest BCUT2D eigenvalue weighted by Gasteiger charge is 2.28. The van der Waals surface area contributed by atoms with Gasteiger partial charge in [-0.05, 0) is 23.5 Å². The second-order valence-electron chi connectivity index (χ2n) is 4.88. The maximum atomic E-state index is 11.4. The monoisotopic (exact) mass is 274 g/mol. The van der Waals surface area contributed by atoms with Crippen molar-refractivity contribution < 1.29 is 24.2 Å². The third-order valence-corrected chi connectivity index (χ3v) is 4.37. The molecule has 1 aromatic rings. The molecule has 18 heavy (non-hydrogen) atoms. The molecule has 6 heteroatoms. The lowest BCUT2D eigenvalue weighted by Gasteiger charge is -2.26. The fourth-order valence-electron chi connectivity index (χ4n) is 1.74. The molecule has 0 saturated carbocycles. The second kappa shape index (κ2) is 5.31. The Hall–Kier alpha value is -1.03. The first-order valence-electron chi connectivity index (χ1n) is 5.58. The van der Waals surface area contributed by atoms with E-state index in [-0.39, 0.29) is 17.7 Å². The van der Waals surface area contributed by atoms with Gasteiger partial charge in [-0.25, -0.2) is 0 Å². The fourth-order valence-corrected chi connectivity index (χ4v) is 2.76. The highest BCUT2D eigenvalue weighted by atomic mass is 31.2. The van der Waals surface area contributed by atoms with E-state index in [1.165, 1.54) is 19.2 Å². The minimum atomic E-state index is -3.55. The molecule has 0 heterocycles. The summed E-state index contributed by atoms with van der Waals surface area (Å²) in [6.07, 6.45) is 0.393. The summed E-state index contributed by atoms with van der Waals surface area (Å²) in [7, 11) is -2.35. The van der Waals surface area contributed by atoms with Gasteiger partial charge in [-0.15, -0.1) is 0 Å². The van der Waals surface area contributed by atoms with E-state index < -0.39 is 13.0 Å².